The highest BCUT2D eigenvalue weighted by molar-refractivity contribution is 7.15. The standard InChI is InChI=1S/C20H24N2OS/c23-20-9-5-13-22(20)17-8-4-12-21(14-17)15-18-10-11-19(24-18)16-6-2-1-3-7-16/h1-3,6-7,10-11,17H,4-5,8-9,12-15H2/t17-/m0/s1. The summed E-state index contributed by atoms with van der Waals surface area (Å²) in [5.41, 5.74) is 1.30. The van der Waals surface area contributed by atoms with Gasteiger partial charge in [-0.1, -0.05) is 30.3 Å². The van der Waals surface area contributed by atoms with Crippen molar-refractivity contribution >= 4 is 17.2 Å². The number of piperidine rings is 1. The van der Waals surface area contributed by atoms with Gasteiger partial charge in [0, 0.05) is 41.9 Å². The Hall–Kier alpha value is -1.65. The summed E-state index contributed by atoms with van der Waals surface area (Å²) in [6, 6.07) is 15.5. The molecule has 0 radical (unpaired) electrons. The summed E-state index contributed by atoms with van der Waals surface area (Å²) in [4.78, 5) is 19.4. The number of thiophene rings is 1. The Morgan fingerprint density at radius 2 is 1.92 bits per heavy atom. The molecule has 0 aliphatic carbocycles. The second-order valence-electron chi connectivity index (χ2n) is 6.85. The highest BCUT2D eigenvalue weighted by Gasteiger charge is 2.31. The number of benzene rings is 1. The van der Waals surface area contributed by atoms with Gasteiger partial charge in [-0.2, -0.15) is 0 Å². The second kappa shape index (κ2) is 7.08. The monoisotopic (exact) mass is 340 g/mol. The minimum absolute atomic E-state index is 0.365. The normalized spacial score (nSPS) is 22.2. The summed E-state index contributed by atoms with van der Waals surface area (Å²) >= 11 is 1.89. The van der Waals surface area contributed by atoms with Gasteiger partial charge < -0.3 is 4.90 Å². The Balaban J connectivity index is 1.40. The highest BCUT2D eigenvalue weighted by Crippen LogP contribution is 2.30. The molecule has 3 heterocycles. The summed E-state index contributed by atoms with van der Waals surface area (Å²) in [6.07, 6.45) is 4.16. The van der Waals surface area contributed by atoms with Crippen LogP contribution in [-0.2, 0) is 11.3 Å². The Labute approximate surface area is 147 Å². The Morgan fingerprint density at radius 3 is 2.71 bits per heavy atom. The van der Waals surface area contributed by atoms with Gasteiger partial charge in [-0.05, 0) is 43.5 Å². The lowest BCUT2D eigenvalue weighted by Crippen LogP contribution is -2.47. The number of nitrogens with zero attached hydrogens (tertiary/aromatic N) is 2. The molecule has 1 amide bonds. The molecule has 2 fully saturated rings. The van der Waals surface area contributed by atoms with Gasteiger partial charge in [0.15, 0.2) is 0 Å². The van der Waals surface area contributed by atoms with Crippen LogP contribution in [0.15, 0.2) is 42.5 Å². The van der Waals surface area contributed by atoms with E-state index < -0.39 is 0 Å². The van der Waals surface area contributed by atoms with Crippen LogP contribution in [0.4, 0.5) is 0 Å². The van der Waals surface area contributed by atoms with E-state index in [1.807, 2.05) is 11.3 Å². The SMILES string of the molecule is O=C1CCCN1[C@H]1CCCN(Cc2ccc(-c3ccccc3)s2)C1. The number of carbonyl (C=O) groups is 1. The van der Waals surface area contributed by atoms with Gasteiger partial charge in [0.05, 0.1) is 0 Å². The van der Waals surface area contributed by atoms with Gasteiger partial charge in [-0.25, -0.2) is 0 Å². The summed E-state index contributed by atoms with van der Waals surface area (Å²) < 4.78 is 0. The zero-order valence-corrected chi connectivity index (χ0v) is 14.8. The first-order valence-electron chi connectivity index (χ1n) is 8.95. The molecule has 4 rings (SSSR count). The molecule has 24 heavy (non-hydrogen) atoms. The molecule has 1 atom stereocenters. The van der Waals surface area contributed by atoms with E-state index in [0.717, 1.165) is 39.0 Å². The number of hydrogen-bond acceptors (Lipinski definition) is 3. The maximum absolute atomic E-state index is 12.0. The highest BCUT2D eigenvalue weighted by atomic mass is 32.1. The molecule has 0 unspecified atom stereocenters. The van der Waals surface area contributed by atoms with Crippen LogP contribution in [0.5, 0.6) is 0 Å². The molecule has 2 aliphatic rings. The van der Waals surface area contributed by atoms with E-state index in [0.29, 0.717) is 11.9 Å². The van der Waals surface area contributed by atoms with E-state index in [9.17, 15) is 4.79 Å². The van der Waals surface area contributed by atoms with E-state index in [1.165, 1.54) is 28.2 Å². The van der Waals surface area contributed by atoms with Gasteiger partial charge in [0.1, 0.15) is 0 Å². The average molecular weight is 340 g/mol. The minimum atomic E-state index is 0.365. The van der Waals surface area contributed by atoms with E-state index >= 15 is 0 Å². The third-order valence-electron chi connectivity index (χ3n) is 5.13. The van der Waals surface area contributed by atoms with Crippen molar-refractivity contribution < 1.29 is 4.79 Å². The quantitative estimate of drug-likeness (QED) is 0.840. The van der Waals surface area contributed by atoms with Gasteiger partial charge in [-0.15, -0.1) is 11.3 Å². The first-order valence-corrected chi connectivity index (χ1v) is 9.77. The maximum atomic E-state index is 12.0. The lowest BCUT2D eigenvalue weighted by molar-refractivity contribution is -0.130. The van der Waals surface area contributed by atoms with E-state index in [1.54, 1.807) is 0 Å². The zero-order chi connectivity index (χ0) is 16.4. The van der Waals surface area contributed by atoms with E-state index in [-0.39, 0.29) is 0 Å². The van der Waals surface area contributed by atoms with Gasteiger partial charge in [0.2, 0.25) is 5.91 Å². The van der Waals surface area contributed by atoms with Crippen LogP contribution < -0.4 is 0 Å². The van der Waals surface area contributed by atoms with Gasteiger partial charge in [-0.3, -0.25) is 9.69 Å². The Bertz CT molecular complexity index is 697. The topological polar surface area (TPSA) is 23.6 Å². The van der Waals surface area contributed by atoms with E-state index in [2.05, 4.69) is 52.3 Å². The number of hydrogen-bond donors (Lipinski definition) is 0. The Kier molecular flexibility index (Phi) is 4.67. The molecule has 126 valence electrons. The predicted octanol–water partition coefficient (Wildman–Crippen LogP) is 4.00. The molecule has 0 N–H and O–H groups in total. The molecule has 0 spiro atoms. The van der Waals surface area contributed by atoms with Crippen LogP contribution in [0.2, 0.25) is 0 Å². The lowest BCUT2D eigenvalue weighted by Gasteiger charge is -2.37. The van der Waals surface area contributed by atoms with Gasteiger partial charge >= 0.3 is 0 Å². The summed E-state index contributed by atoms with van der Waals surface area (Å²) in [5, 5.41) is 0. The van der Waals surface area contributed by atoms with Crippen molar-refractivity contribution in [3.63, 3.8) is 0 Å². The van der Waals surface area contributed by atoms with E-state index in [4.69, 9.17) is 0 Å². The molecule has 2 aromatic rings. The first kappa shape index (κ1) is 15.9. The molecule has 0 saturated carbocycles. The largest absolute Gasteiger partial charge is 0.338 e. The van der Waals surface area contributed by atoms with Crippen molar-refractivity contribution in [1.29, 1.82) is 0 Å². The fraction of sp³-hybridized carbons (Fsp3) is 0.450. The number of rotatable bonds is 4. The van der Waals surface area contributed by atoms with Crippen LogP contribution in [0, 0.1) is 0 Å². The number of likely N-dealkylation sites (tertiary alicyclic amines) is 2. The fourth-order valence-electron chi connectivity index (χ4n) is 3.93. The number of amides is 1. The molecule has 4 heteroatoms. The third-order valence-corrected chi connectivity index (χ3v) is 6.25. The smallest absolute Gasteiger partial charge is 0.222 e. The van der Waals surface area contributed by atoms with Crippen molar-refractivity contribution in [2.24, 2.45) is 0 Å². The van der Waals surface area contributed by atoms with Crippen molar-refractivity contribution in [2.75, 3.05) is 19.6 Å². The molecule has 2 saturated heterocycles. The molecule has 3 nitrogen and oxygen atoms in total. The minimum Gasteiger partial charge on any atom is -0.338 e. The van der Waals surface area contributed by atoms with Crippen molar-refractivity contribution in [1.82, 2.24) is 9.80 Å². The van der Waals surface area contributed by atoms with Crippen LogP contribution in [0.3, 0.4) is 0 Å². The average Bonchev–Trinajstić information content (AvgIpc) is 3.25. The number of carbonyl (C=O) groups excluding carboxylic acids is 1. The van der Waals surface area contributed by atoms with Crippen molar-refractivity contribution in [3.05, 3.63) is 47.3 Å². The molecule has 0 bridgehead atoms. The van der Waals surface area contributed by atoms with Crippen LogP contribution >= 0.6 is 11.3 Å². The van der Waals surface area contributed by atoms with Crippen molar-refractivity contribution in [2.45, 2.75) is 38.3 Å². The van der Waals surface area contributed by atoms with Crippen LogP contribution in [-0.4, -0.2) is 41.4 Å². The molecular formula is C20H24N2OS. The molecular weight excluding hydrogens is 316 g/mol. The maximum Gasteiger partial charge on any atom is 0.222 e. The Morgan fingerprint density at radius 1 is 1.04 bits per heavy atom. The lowest BCUT2D eigenvalue weighted by atomic mass is 10.0. The fourth-order valence-corrected chi connectivity index (χ4v) is 4.98. The zero-order valence-electron chi connectivity index (χ0n) is 14.0. The summed E-state index contributed by atoms with van der Waals surface area (Å²) in [7, 11) is 0. The first-order chi connectivity index (χ1) is 11.8. The molecule has 1 aromatic carbocycles. The van der Waals surface area contributed by atoms with Crippen LogP contribution in [0.25, 0.3) is 10.4 Å². The predicted molar refractivity (Wildman–Crippen MR) is 99.0 cm³/mol. The summed E-state index contributed by atoms with van der Waals surface area (Å²) in [5.74, 6) is 0.365. The van der Waals surface area contributed by atoms with Gasteiger partial charge in [0.25, 0.3) is 0 Å². The second-order valence-corrected chi connectivity index (χ2v) is 8.02. The summed E-state index contributed by atoms with van der Waals surface area (Å²) in [6.45, 7) is 4.16. The van der Waals surface area contributed by atoms with Crippen LogP contribution in [0.1, 0.15) is 30.6 Å². The molecule has 2 aliphatic heterocycles. The third kappa shape index (κ3) is 3.40. The van der Waals surface area contributed by atoms with Crippen molar-refractivity contribution in [3.8, 4) is 10.4 Å². The molecule has 1 aromatic heterocycles.